The summed E-state index contributed by atoms with van der Waals surface area (Å²) >= 11 is 7.29. The molecule has 0 radical (unpaired) electrons. The van der Waals surface area contributed by atoms with Gasteiger partial charge in [0, 0.05) is 9.92 Å². The maximum atomic E-state index is 11.4. The second-order valence-corrected chi connectivity index (χ2v) is 6.38. The smallest absolute Gasteiger partial charge is 0.317 e. The van der Waals surface area contributed by atoms with Gasteiger partial charge < -0.3 is 5.11 Å². The number of carboxylic acid groups (broad SMARTS) is 1. The summed E-state index contributed by atoms with van der Waals surface area (Å²) < 4.78 is 0. The molecule has 0 spiro atoms. The number of hydrogen-bond acceptors (Lipinski definition) is 2. The van der Waals surface area contributed by atoms with Gasteiger partial charge in [0.15, 0.2) is 0 Å². The molecule has 18 heavy (non-hydrogen) atoms. The third-order valence-corrected chi connectivity index (χ3v) is 5.03. The Labute approximate surface area is 117 Å². The second kappa shape index (κ2) is 6.48. The molecule has 1 aromatic carbocycles. The quantitative estimate of drug-likeness (QED) is 0.829. The number of carboxylic acids is 1. The lowest BCUT2D eigenvalue weighted by Crippen LogP contribution is -2.28. The first kappa shape index (κ1) is 13.8. The molecule has 1 unspecified atom stereocenters. The van der Waals surface area contributed by atoms with Crippen LogP contribution in [0.3, 0.4) is 0 Å². The molecule has 1 fully saturated rings. The van der Waals surface area contributed by atoms with Crippen LogP contribution in [-0.4, -0.2) is 16.3 Å². The summed E-state index contributed by atoms with van der Waals surface area (Å²) in [6, 6.07) is 7.41. The van der Waals surface area contributed by atoms with Crippen LogP contribution in [0, 0.1) is 5.92 Å². The Hall–Kier alpha value is -0.670. The fourth-order valence-corrected chi connectivity index (χ4v) is 3.72. The van der Waals surface area contributed by atoms with Crippen molar-refractivity contribution < 1.29 is 9.90 Å². The Morgan fingerprint density at radius 1 is 1.22 bits per heavy atom. The molecule has 2 rings (SSSR count). The van der Waals surface area contributed by atoms with E-state index in [9.17, 15) is 9.90 Å². The van der Waals surface area contributed by atoms with Crippen molar-refractivity contribution in [2.24, 2.45) is 5.92 Å². The van der Waals surface area contributed by atoms with Crippen LogP contribution in [0.1, 0.15) is 32.1 Å². The third kappa shape index (κ3) is 3.66. The Bertz CT molecular complexity index is 399. The summed E-state index contributed by atoms with van der Waals surface area (Å²) in [5.41, 5.74) is 0. The minimum absolute atomic E-state index is 0.303. The van der Waals surface area contributed by atoms with Crippen molar-refractivity contribution in [2.75, 3.05) is 0 Å². The van der Waals surface area contributed by atoms with Crippen molar-refractivity contribution in [2.45, 2.75) is 42.2 Å². The van der Waals surface area contributed by atoms with E-state index < -0.39 is 5.97 Å². The highest BCUT2D eigenvalue weighted by molar-refractivity contribution is 8.00. The zero-order chi connectivity index (χ0) is 13.0. The lowest BCUT2D eigenvalue weighted by Gasteiger charge is -2.27. The van der Waals surface area contributed by atoms with Crippen LogP contribution in [0.15, 0.2) is 29.2 Å². The molecule has 0 saturated heterocycles. The van der Waals surface area contributed by atoms with Crippen molar-refractivity contribution >= 4 is 29.3 Å². The van der Waals surface area contributed by atoms with Gasteiger partial charge in [-0.3, -0.25) is 4.79 Å². The molecule has 0 aromatic heterocycles. The third-order valence-electron chi connectivity index (χ3n) is 3.40. The molecule has 1 atom stereocenters. The average molecular weight is 285 g/mol. The van der Waals surface area contributed by atoms with Crippen LogP contribution < -0.4 is 0 Å². The highest BCUT2D eigenvalue weighted by atomic mass is 35.5. The van der Waals surface area contributed by atoms with E-state index in [-0.39, 0.29) is 5.25 Å². The summed E-state index contributed by atoms with van der Waals surface area (Å²) in [5, 5.41) is 9.75. The normalized spacial score (nSPS) is 18.5. The first-order valence-corrected chi connectivity index (χ1v) is 7.57. The van der Waals surface area contributed by atoms with Crippen LogP contribution in [0.25, 0.3) is 0 Å². The Kier molecular flexibility index (Phi) is 4.95. The molecular weight excluding hydrogens is 268 g/mol. The molecule has 2 nitrogen and oxygen atoms in total. The SMILES string of the molecule is O=C(O)C(Sc1ccc(Cl)cc1)C1CCCCC1. The van der Waals surface area contributed by atoms with E-state index in [1.807, 2.05) is 24.3 Å². The van der Waals surface area contributed by atoms with Crippen LogP contribution in [-0.2, 0) is 4.79 Å². The summed E-state index contributed by atoms with van der Waals surface area (Å²) in [4.78, 5) is 12.4. The molecule has 0 bridgehead atoms. The van der Waals surface area contributed by atoms with Crippen LogP contribution in [0.5, 0.6) is 0 Å². The maximum Gasteiger partial charge on any atom is 0.317 e. The van der Waals surface area contributed by atoms with Crippen molar-refractivity contribution in [1.82, 2.24) is 0 Å². The van der Waals surface area contributed by atoms with E-state index in [0.717, 1.165) is 30.6 Å². The molecule has 1 aromatic rings. The molecule has 0 amide bonds. The van der Waals surface area contributed by atoms with Crippen molar-refractivity contribution in [3.8, 4) is 0 Å². The molecule has 98 valence electrons. The van der Waals surface area contributed by atoms with Crippen LogP contribution in [0.2, 0.25) is 5.02 Å². The minimum atomic E-state index is -0.693. The van der Waals surface area contributed by atoms with Gasteiger partial charge >= 0.3 is 5.97 Å². The first-order chi connectivity index (χ1) is 8.66. The van der Waals surface area contributed by atoms with E-state index in [2.05, 4.69) is 0 Å². The van der Waals surface area contributed by atoms with E-state index in [1.165, 1.54) is 18.2 Å². The number of rotatable bonds is 4. The minimum Gasteiger partial charge on any atom is -0.480 e. The van der Waals surface area contributed by atoms with Gasteiger partial charge in [-0.05, 0) is 43.0 Å². The van der Waals surface area contributed by atoms with Gasteiger partial charge in [0.25, 0.3) is 0 Å². The molecule has 1 saturated carbocycles. The lowest BCUT2D eigenvalue weighted by molar-refractivity contribution is -0.137. The number of halogens is 1. The molecule has 4 heteroatoms. The summed E-state index contributed by atoms with van der Waals surface area (Å²) in [7, 11) is 0. The number of carbonyl (C=O) groups is 1. The molecule has 0 aliphatic heterocycles. The highest BCUT2D eigenvalue weighted by Gasteiger charge is 2.30. The Morgan fingerprint density at radius 3 is 2.39 bits per heavy atom. The van der Waals surface area contributed by atoms with Gasteiger partial charge in [0.2, 0.25) is 0 Å². The average Bonchev–Trinajstić information content (AvgIpc) is 2.38. The maximum absolute atomic E-state index is 11.4. The van der Waals surface area contributed by atoms with Gasteiger partial charge in [0.1, 0.15) is 5.25 Å². The summed E-state index contributed by atoms with van der Waals surface area (Å²) in [5.74, 6) is -0.390. The van der Waals surface area contributed by atoms with Gasteiger partial charge in [-0.2, -0.15) is 0 Å². The largest absolute Gasteiger partial charge is 0.480 e. The first-order valence-electron chi connectivity index (χ1n) is 6.32. The highest BCUT2D eigenvalue weighted by Crippen LogP contribution is 2.36. The van der Waals surface area contributed by atoms with E-state index in [1.54, 1.807) is 0 Å². The number of thioether (sulfide) groups is 1. The van der Waals surface area contributed by atoms with Crippen LogP contribution >= 0.6 is 23.4 Å². The predicted molar refractivity (Wildman–Crippen MR) is 75.3 cm³/mol. The predicted octanol–water partition coefficient (Wildman–Crippen LogP) is 4.47. The number of hydrogen-bond donors (Lipinski definition) is 1. The van der Waals surface area contributed by atoms with E-state index in [4.69, 9.17) is 11.6 Å². The zero-order valence-electron chi connectivity index (χ0n) is 10.1. The zero-order valence-corrected chi connectivity index (χ0v) is 11.7. The van der Waals surface area contributed by atoms with E-state index in [0.29, 0.717) is 10.9 Å². The fourth-order valence-electron chi connectivity index (χ4n) is 2.44. The lowest BCUT2D eigenvalue weighted by atomic mass is 9.87. The molecule has 1 aliphatic rings. The van der Waals surface area contributed by atoms with E-state index >= 15 is 0 Å². The summed E-state index contributed by atoms with van der Waals surface area (Å²) in [6.45, 7) is 0. The van der Waals surface area contributed by atoms with Crippen molar-refractivity contribution in [3.05, 3.63) is 29.3 Å². The van der Waals surface area contributed by atoms with Crippen molar-refractivity contribution in [3.63, 3.8) is 0 Å². The number of benzene rings is 1. The number of aliphatic carboxylic acids is 1. The van der Waals surface area contributed by atoms with Gasteiger partial charge in [-0.25, -0.2) is 0 Å². The molecule has 0 heterocycles. The van der Waals surface area contributed by atoms with Crippen molar-refractivity contribution in [1.29, 1.82) is 0 Å². The molecule has 1 N–H and O–H groups in total. The second-order valence-electron chi connectivity index (χ2n) is 4.73. The van der Waals surface area contributed by atoms with Gasteiger partial charge in [0.05, 0.1) is 0 Å². The van der Waals surface area contributed by atoms with Gasteiger partial charge in [-0.1, -0.05) is 30.9 Å². The summed E-state index contributed by atoms with van der Waals surface area (Å²) in [6.07, 6.45) is 5.65. The standard InChI is InChI=1S/C14H17ClO2S/c15-11-6-8-12(9-7-11)18-13(14(16)17)10-4-2-1-3-5-10/h6-10,13H,1-5H2,(H,16,17). The molecule has 1 aliphatic carbocycles. The van der Waals surface area contributed by atoms with Crippen LogP contribution in [0.4, 0.5) is 0 Å². The molecular formula is C14H17ClO2S. The topological polar surface area (TPSA) is 37.3 Å². The fraction of sp³-hybridized carbons (Fsp3) is 0.500. The van der Waals surface area contributed by atoms with Gasteiger partial charge in [-0.15, -0.1) is 11.8 Å². The Morgan fingerprint density at radius 2 is 1.83 bits per heavy atom. The monoisotopic (exact) mass is 284 g/mol. The Balaban J connectivity index is 2.05.